The molecule has 78 valence electrons. The van der Waals surface area contributed by atoms with E-state index in [1.807, 2.05) is 0 Å². The Morgan fingerprint density at radius 2 is 1.86 bits per heavy atom. The van der Waals surface area contributed by atoms with Gasteiger partial charge in [-0.2, -0.15) is 4.39 Å². The van der Waals surface area contributed by atoms with Gasteiger partial charge >= 0.3 is 0 Å². The lowest BCUT2D eigenvalue weighted by molar-refractivity contribution is 0.377. The Balaban J connectivity index is 3.66. The number of aromatic hydroxyl groups is 2. The molecule has 0 aliphatic carbocycles. The predicted molar refractivity (Wildman–Crippen MR) is 47.5 cm³/mol. The Hall–Kier alpha value is -1.01. The van der Waals surface area contributed by atoms with E-state index in [0.717, 1.165) is 6.07 Å². The first-order valence-corrected chi connectivity index (χ1v) is 5.71. The van der Waals surface area contributed by atoms with Crippen molar-refractivity contribution in [3.63, 3.8) is 0 Å². The Bertz CT molecular complexity index is 483. The van der Waals surface area contributed by atoms with Gasteiger partial charge in [0.25, 0.3) is 9.05 Å². The van der Waals surface area contributed by atoms with Crippen molar-refractivity contribution < 1.29 is 23.0 Å². The maximum atomic E-state index is 13.0. The number of rotatable bonds is 1. The molecule has 1 rings (SSSR count). The lowest BCUT2D eigenvalue weighted by Crippen LogP contribution is -1.95. The highest BCUT2D eigenvalue weighted by Gasteiger charge is 2.22. The molecule has 1 aromatic rings. The molecule has 0 atom stereocenters. The maximum absolute atomic E-state index is 13.0. The quantitative estimate of drug-likeness (QED) is 0.729. The van der Waals surface area contributed by atoms with E-state index in [1.54, 1.807) is 0 Å². The topological polar surface area (TPSA) is 74.6 Å². The minimum absolute atomic E-state index is 0.0282. The van der Waals surface area contributed by atoms with Crippen molar-refractivity contribution in [3.05, 3.63) is 17.4 Å². The van der Waals surface area contributed by atoms with Gasteiger partial charge in [0.2, 0.25) is 5.82 Å². The Kier molecular flexibility index (Phi) is 2.60. The molecule has 14 heavy (non-hydrogen) atoms. The maximum Gasteiger partial charge on any atom is 0.265 e. The summed E-state index contributed by atoms with van der Waals surface area (Å²) >= 11 is 0. The summed E-state index contributed by atoms with van der Waals surface area (Å²) in [5.74, 6) is -3.38. The summed E-state index contributed by atoms with van der Waals surface area (Å²) in [6, 6.07) is 0.885. The molecule has 1 aromatic carbocycles. The molecule has 0 saturated carbocycles. The van der Waals surface area contributed by atoms with E-state index < -0.39 is 31.3 Å². The molecule has 0 bridgehead atoms. The highest BCUT2D eigenvalue weighted by atomic mass is 35.7. The third-order valence-corrected chi connectivity index (χ3v) is 2.97. The highest BCUT2D eigenvalue weighted by molar-refractivity contribution is 8.13. The highest BCUT2D eigenvalue weighted by Crippen LogP contribution is 2.35. The monoisotopic (exact) mass is 240 g/mol. The van der Waals surface area contributed by atoms with Crippen LogP contribution in [0.15, 0.2) is 11.0 Å². The van der Waals surface area contributed by atoms with Gasteiger partial charge in [0.05, 0.1) is 0 Å². The molecule has 7 heteroatoms. The summed E-state index contributed by atoms with van der Waals surface area (Å²) in [6.07, 6.45) is 0. The van der Waals surface area contributed by atoms with Crippen LogP contribution in [0.5, 0.6) is 11.5 Å². The molecule has 0 saturated heterocycles. The minimum Gasteiger partial charge on any atom is -0.505 e. The molecule has 0 aliphatic heterocycles. The Morgan fingerprint density at radius 1 is 1.36 bits per heavy atom. The van der Waals surface area contributed by atoms with Gasteiger partial charge in [-0.1, -0.05) is 0 Å². The van der Waals surface area contributed by atoms with E-state index >= 15 is 0 Å². The van der Waals surface area contributed by atoms with Crippen LogP contribution in [0.4, 0.5) is 4.39 Å². The molecular weight excluding hydrogens is 235 g/mol. The first-order valence-electron chi connectivity index (χ1n) is 3.41. The molecule has 0 unspecified atom stereocenters. The molecular formula is C7H6ClFO4S. The van der Waals surface area contributed by atoms with Crippen molar-refractivity contribution in [3.8, 4) is 11.5 Å². The van der Waals surface area contributed by atoms with Crippen LogP contribution in [0.1, 0.15) is 5.56 Å². The summed E-state index contributed by atoms with van der Waals surface area (Å²) in [4.78, 5) is -0.757. The third kappa shape index (κ3) is 1.76. The second-order valence-electron chi connectivity index (χ2n) is 2.64. The molecule has 0 heterocycles. The van der Waals surface area contributed by atoms with Gasteiger partial charge in [0, 0.05) is 10.7 Å². The average molecular weight is 241 g/mol. The first kappa shape index (κ1) is 11.1. The number of halogens is 2. The van der Waals surface area contributed by atoms with Crippen molar-refractivity contribution in [2.75, 3.05) is 0 Å². The van der Waals surface area contributed by atoms with Gasteiger partial charge in [-0.15, -0.1) is 0 Å². The average Bonchev–Trinajstić information content (AvgIpc) is 2.06. The van der Waals surface area contributed by atoms with Gasteiger partial charge in [-0.25, -0.2) is 8.42 Å². The van der Waals surface area contributed by atoms with Crippen LogP contribution in [-0.2, 0) is 9.05 Å². The number of hydrogen-bond donors (Lipinski definition) is 2. The molecule has 0 fully saturated rings. The number of benzene rings is 1. The largest absolute Gasteiger partial charge is 0.505 e. The standard InChI is InChI=1S/C7H6ClFO4S/c1-3-2-4(14(8,12)13)7(11)5(9)6(3)10/h2,10-11H,1H3. The second kappa shape index (κ2) is 3.29. The van der Waals surface area contributed by atoms with Crippen LogP contribution in [0.2, 0.25) is 0 Å². The fourth-order valence-electron chi connectivity index (χ4n) is 0.913. The van der Waals surface area contributed by atoms with Crippen LogP contribution in [0.25, 0.3) is 0 Å². The summed E-state index contributed by atoms with van der Waals surface area (Å²) in [5, 5.41) is 18.0. The summed E-state index contributed by atoms with van der Waals surface area (Å²) in [6.45, 7) is 1.28. The van der Waals surface area contributed by atoms with E-state index in [2.05, 4.69) is 0 Å². The van der Waals surface area contributed by atoms with Crippen LogP contribution >= 0.6 is 10.7 Å². The van der Waals surface area contributed by atoms with Gasteiger partial charge in [0.1, 0.15) is 4.90 Å². The predicted octanol–water partition coefficient (Wildman–Crippen LogP) is 1.47. The SMILES string of the molecule is Cc1cc(S(=O)(=O)Cl)c(O)c(F)c1O. The number of phenols is 2. The van der Waals surface area contributed by atoms with Gasteiger partial charge in [-0.3, -0.25) is 0 Å². The Morgan fingerprint density at radius 3 is 2.29 bits per heavy atom. The summed E-state index contributed by atoms with van der Waals surface area (Å²) < 4.78 is 34.6. The molecule has 0 radical (unpaired) electrons. The Labute approximate surface area is 84.0 Å². The molecule has 2 N–H and O–H groups in total. The molecule has 0 spiro atoms. The van der Waals surface area contributed by atoms with Gasteiger partial charge in [-0.05, 0) is 18.6 Å². The second-order valence-corrected chi connectivity index (χ2v) is 5.18. The van der Waals surface area contributed by atoms with Crippen molar-refractivity contribution in [1.82, 2.24) is 0 Å². The summed E-state index contributed by atoms with van der Waals surface area (Å²) in [7, 11) is 0.700. The molecule has 4 nitrogen and oxygen atoms in total. The molecule has 0 aliphatic rings. The molecule has 0 aromatic heterocycles. The van der Waals surface area contributed by atoms with E-state index in [1.165, 1.54) is 6.92 Å². The van der Waals surface area contributed by atoms with E-state index in [9.17, 15) is 12.8 Å². The van der Waals surface area contributed by atoms with Crippen LogP contribution < -0.4 is 0 Å². The van der Waals surface area contributed by atoms with Crippen LogP contribution in [-0.4, -0.2) is 18.6 Å². The third-order valence-electron chi connectivity index (χ3n) is 1.63. The van der Waals surface area contributed by atoms with Crippen molar-refractivity contribution in [1.29, 1.82) is 0 Å². The van der Waals surface area contributed by atoms with Crippen molar-refractivity contribution >= 4 is 19.7 Å². The fraction of sp³-hybridized carbons (Fsp3) is 0.143. The zero-order valence-electron chi connectivity index (χ0n) is 6.95. The molecule has 0 amide bonds. The lowest BCUT2D eigenvalue weighted by atomic mass is 10.2. The normalized spacial score (nSPS) is 11.6. The number of aryl methyl sites for hydroxylation is 1. The van der Waals surface area contributed by atoms with Crippen molar-refractivity contribution in [2.24, 2.45) is 0 Å². The van der Waals surface area contributed by atoms with Crippen LogP contribution in [0, 0.1) is 12.7 Å². The lowest BCUT2D eigenvalue weighted by Gasteiger charge is -2.06. The van der Waals surface area contributed by atoms with E-state index in [0.29, 0.717) is 0 Å². The zero-order chi connectivity index (χ0) is 11.1. The van der Waals surface area contributed by atoms with Crippen molar-refractivity contribution in [2.45, 2.75) is 11.8 Å². The van der Waals surface area contributed by atoms with Gasteiger partial charge < -0.3 is 10.2 Å². The first-order chi connectivity index (χ1) is 6.25. The smallest absolute Gasteiger partial charge is 0.265 e. The van der Waals surface area contributed by atoms with Crippen LogP contribution in [0.3, 0.4) is 0 Å². The number of phenolic OH excluding ortho intramolecular Hbond substituents is 2. The number of hydrogen-bond acceptors (Lipinski definition) is 4. The van der Waals surface area contributed by atoms with E-state index in [-0.39, 0.29) is 5.56 Å². The summed E-state index contributed by atoms with van der Waals surface area (Å²) in [5.41, 5.74) is -0.0282. The minimum atomic E-state index is -4.22. The fourth-order valence-corrected chi connectivity index (χ4v) is 1.90. The zero-order valence-corrected chi connectivity index (χ0v) is 8.52. The van der Waals surface area contributed by atoms with Gasteiger partial charge in [0.15, 0.2) is 11.5 Å². The van der Waals surface area contributed by atoms with E-state index in [4.69, 9.17) is 20.9 Å².